The smallest absolute Gasteiger partial charge is 0.227 e. The molecule has 1 fully saturated rings. The van der Waals surface area contributed by atoms with E-state index in [9.17, 15) is 14.4 Å². The first-order valence-electron chi connectivity index (χ1n) is 9.61. The van der Waals surface area contributed by atoms with Crippen molar-refractivity contribution in [2.75, 3.05) is 5.32 Å². The fourth-order valence-corrected chi connectivity index (χ4v) is 3.48. The van der Waals surface area contributed by atoms with Crippen LogP contribution in [-0.2, 0) is 16.1 Å². The Hall–Kier alpha value is -3.02. The number of ketones is 1. The van der Waals surface area contributed by atoms with E-state index < -0.39 is 0 Å². The van der Waals surface area contributed by atoms with Crippen LogP contribution in [0.2, 0.25) is 0 Å². The third kappa shape index (κ3) is 5.25. The Morgan fingerprint density at radius 2 is 1.46 bits per heavy atom. The third-order valence-corrected chi connectivity index (χ3v) is 5.24. The summed E-state index contributed by atoms with van der Waals surface area (Å²) in [5, 5.41) is 5.88. The summed E-state index contributed by atoms with van der Waals surface area (Å²) in [5.41, 5.74) is 2.33. The van der Waals surface area contributed by atoms with Gasteiger partial charge in [-0.25, -0.2) is 0 Å². The van der Waals surface area contributed by atoms with Crippen molar-refractivity contribution in [3.8, 4) is 0 Å². The van der Waals surface area contributed by atoms with Crippen molar-refractivity contribution < 1.29 is 14.4 Å². The number of amides is 2. The van der Waals surface area contributed by atoms with Crippen LogP contribution in [0.25, 0.3) is 0 Å². The molecule has 2 N–H and O–H groups in total. The summed E-state index contributed by atoms with van der Waals surface area (Å²) in [7, 11) is 0. The zero-order chi connectivity index (χ0) is 19.9. The SMILES string of the molecule is CC(=O)c1ccc(NC(=O)C2CCC(C(=O)NCc3ccncc3)CC2)cc1. The lowest BCUT2D eigenvalue weighted by atomic mass is 9.81. The molecule has 0 bridgehead atoms. The molecule has 146 valence electrons. The van der Waals surface area contributed by atoms with Crippen LogP contribution in [0.1, 0.15) is 48.5 Å². The fraction of sp³-hybridized carbons (Fsp3) is 0.364. The molecule has 1 aliphatic carbocycles. The summed E-state index contributed by atoms with van der Waals surface area (Å²) in [4.78, 5) is 40.1. The van der Waals surface area contributed by atoms with Crippen molar-refractivity contribution in [2.24, 2.45) is 11.8 Å². The quantitative estimate of drug-likeness (QED) is 0.754. The van der Waals surface area contributed by atoms with Crippen LogP contribution in [0.4, 0.5) is 5.69 Å². The molecule has 0 saturated heterocycles. The second-order valence-electron chi connectivity index (χ2n) is 7.24. The van der Waals surface area contributed by atoms with E-state index in [2.05, 4.69) is 15.6 Å². The minimum absolute atomic E-state index is 0.00148. The highest BCUT2D eigenvalue weighted by molar-refractivity contribution is 5.96. The lowest BCUT2D eigenvalue weighted by molar-refractivity contribution is -0.128. The minimum Gasteiger partial charge on any atom is -0.352 e. The van der Waals surface area contributed by atoms with E-state index >= 15 is 0 Å². The van der Waals surface area contributed by atoms with Crippen LogP contribution in [0.15, 0.2) is 48.8 Å². The van der Waals surface area contributed by atoms with Gasteiger partial charge in [0, 0.05) is 42.0 Å². The van der Waals surface area contributed by atoms with Crippen LogP contribution in [0, 0.1) is 11.8 Å². The van der Waals surface area contributed by atoms with Crippen molar-refractivity contribution in [1.29, 1.82) is 0 Å². The number of Topliss-reactive ketones (excluding diaryl/α,β-unsaturated/α-hetero) is 1. The zero-order valence-corrected chi connectivity index (χ0v) is 16.0. The van der Waals surface area contributed by atoms with Crippen LogP contribution >= 0.6 is 0 Å². The summed E-state index contributed by atoms with van der Waals surface area (Å²) in [5.74, 6) is -0.0995. The van der Waals surface area contributed by atoms with E-state index in [1.54, 1.807) is 36.7 Å². The summed E-state index contributed by atoms with van der Waals surface area (Å²) in [6.45, 7) is 2.01. The average molecular weight is 379 g/mol. The van der Waals surface area contributed by atoms with Crippen LogP contribution < -0.4 is 10.6 Å². The highest BCUT2D eigenvalue weighted by atomic mass is 16.2. The van der Waals surface area contributed by atoms with Gasteiger partial charge in [-0.3, -0.25) is 19.4 Å². The molecular weight excluding hydrogens is 354 g/mol. The number of aromatic nitrogens is 1. The summed E-state index contributed by atoms with van der Waals surface area (Å²) in [6, 6.07) is 10.7. The van der Waals surface area contributed by atoms with Gasteiger partial charge in [0.15, 0.2) is 5.78 Å². The Morgan fingerprint density at radius 1 is 0.893 bits per heavy atom. The molecule has 0 atom stereocenters. The first-order valence-corrected chi connectivity index (χ1v) is 9.61. The molecule has 0 unspecified atom stereocenters. The highest BCUT2D eigenvalue weighted by Crippen LogP contribution is 2.30. The second kappa shape index (κ2) is 9.26. The molecule has 0 spiro atoms. The van der Waals surface area contributed by atoms with E-state index in [1.165, 1.54) is 6.92 Å². The number of carbonyl (C=O) groups excluding carboxylic acids is 3. The molecule has 1 heterocycles. The second-order valence-corrected chi connectivity index (χ2v) is 7.24. The number of rotatable bonds is 6. The van der Waals surface area contributed by atoms with Gasteiger partial charge in [0.05, 0.1) is 0 Å². The van der Waals surface area contributed by atoms with Gasteiger partial charge in [-0.05, 0) is 74.6 Å². The number of carbonyl (C=O) groups is 3. The predicted molar refractivity (Wildman–Crippen MR) is 107 cm³/mol. The molecule has 1 aromatic carbocycles. The standard InChI is InChI=1S/C22H25N3O3/c1-15(26)17-6-8-20(9-7-17)25-22(28)19-4-2-18(3-5-19)21(27)24-14-16-10-12-23-13-11-16/h6-13,18-19H,2-5,14H2,1H3,(H,24,27)(H,25,28). The van der Waals surface area contributed by atoms with Crippen molar-refractivity contribution in [1.82, 2.24) is 10.3 Å². The molecule has 3 rings (SSSR count). The highest BCUT2D eigenvalue weighted by Gasteiger charge is 2.29. The maximum absolute atomic E-state index is 12.5. The number of anilines is 1. The summed E-state index contributed by atoms with van der Waals surface area (Å²) in [6.07, 6.45) is 6.24. The summed E-state index contributed by atoms with van der Waals surface area (Å²) < 4.78 is 0. The Morgan fingerprint density at radius 3 is 2.04 bits per heavy atom. The molecule has 0 aliphatic heterocycles. The predicted octanol–water partition coefficient (Wildman–Crippen LogP) is 3.35. The number of nitrogens with zero attached hydrogens (tertiary/aromatic N) is 1. The van der Waals surface area contributed by atoms with Crippen LogP contribution in [0.3, 0.4) is 0 Å². The van der Waals surface area contributed by atoms with E-state index in [0.717, 1.165) is 5.56 Å². The topological polar surface area (TPSA) is 88.2 Å². The number of nitrogens with one attached hydrogen (secondary N) is 2. The molecule has 2 aromatic rings. The fourth-order valence-electron chi connectivity index (χ4n) is 3.48. The van der Waals surface area contributed by atoms with E-state index in [1.807, 2.05) is 12.1 Å². The first-order chi connectivity index (χ1) is 13.5. The van der Waals surface area contributed by atoms with E-state index in [4.69, 9.17) is 0 Å². The average Bonchev–Trinajstić information content (AvgIpc) is 2.73. The maximum atomic E-state index is 12.5. The Kier molecular flexibility index (Phi) is 6.53. The zero-order valence-electron chi connectivity index (χ0n) is 16.0. The molecule has 0 radical (unpaired) electrons. The third-order valence-electron chi connectivity index (χ3n) is 5.24. The van der Waals surface area contributed by atoms with Gasteiger partial charge in [-0.1, -0.05) is 0 Å². The van der Waals surface area contributed by atoms with E-state index in [0.29, 0.717) is 43.5 Å². The molecule has 28 heavy (non-hydrogen) atoms. The molecule has 1 saturated carbocycles. The van der Waals surface area contributed by atoms with Gasteiger partial charge in [0.1, 0.15) is 0 Å². The normalized spacial score (nSPS) is 18.9. The van der Waals surface area contributed by atoms with Crippen LogP contribution in [0.5, 0.6) is 0 Å². The maximum Gasteiger partial charge on any atom is 0.227 e. The Labute approximate surface area is 164 Å². The largest absolute Gasteiger partial charge is 0.352 e. The Bertz CT molecular complexity index is 826. The van der Waals surface area contributed by atoms with Crippen molar-refractivity contribution in [2.45, 2.75) is 39.2 Å². The van der Waals surface area contributed by atoms with Gasteiger partial charge in [0.2, 0.25) is 11.8 Å². The first kappa shape index (κ1) is 19.7. The number of benzene rings is 1. The lowest BCUT2D eigenvalue weighted by Gasteiger charge is -2.27. The van der Waals surface area contributed by atoms with E-state index in [-0.39, 0.29) is 29.4 Å². The van der Waals surface area contributed by atoms with Gasteiger partial charge < -0.3 is 10.6 Å². The molecule has 6 nitrogen and oxygen atoms in total. The monoisotopic (exact) mass is 379 g/mol. The number of pyridine rings is 1. The van der Waals surface area contributed by atoms with Gasteiger partial charge in [-0.15, -0.1) is 0 Å². The molecule has 1 aliphatic rings. The van der Waals surface area contributed by atoms with Crippen molar-refractivity contribution in [3.63, 3.8) is 0 Å². The lowest BCUT2D eigenvalue weighted by Crippen LogP contribution is -2.35. The van der Waals surface area contributed by atoms with Crippen molar-refractivity contribution in [3.05, 3.63) is 59.9 Å². The van der Waals surface area contributed by atoms with Gasteiger partial charge >= 0.3 is 0 Å². The van der Waals surface area contributed by atoms with Gasteiger partial charge in [-0.2, -0.15) is 0 Å². The number of hydrogen-bond acceptors (Lipinski definition) is 4. The molecule has 1 aromatic heterocycles. The molecule has 6 heteroatoms. The molecular formula is C22H25N3O3. The number of hydrogen-bond donors (Lipinski definition) is 2. The van der Waals surface area contributed by atoms with Gasteiger partial charge in [0.25, 0.3) is 0 Å². The van der Waals surface area contributed by atoms with Crippen molar-refractivity contribution >= 4 is 23.3 Å². The minimum atomic E-state index is -0.0864. The van der Waals surface area contributed by atoms with Crippen LogP contribution in [-0.4, -0.2) is 22.6 Å². The molecule has 2 amide bonds. The summed E-state index contributed by atoms with van der Waals surface area (Å²) >= 11 is 0. The Balaban J connectivity index is 1.44.